The second-order valence-corrected chi connectivity index (χ2v) is 22.2. The third-order valence-electron chi connectivity index (χ3n) is 11.1. The van der Waals surface area contributed by atoms with Gasteiger partial charge in [-0.3, -0.25) is 0 Å². The van der Waals surface area contributed by atoms with Gasteiger partial charge in [-0.25, -0.2) is 0 Å². The average molecular weight is 749 g/mol. The molecule has 2 aliphatic rings. The largest absolute Gasteiger partial charge is 0.452 e. The lowest BCUT2D eigenvalue weighted by Gasteiger charge is -2.34. The van der Waals surface area contributed by atoms with Crippen molar-refractivity contribution >= 4 is 32.7 Å². The highest BCUT2D eigenvalue weighted by molar-refractivity contribution is 8.17. The van der Waals surface area contributed by atoms with Crippen LogP contribution >= 0.6 is 21.0 Å². The normalized spacial score (nSPS) is 22.5. The van der Waals surface area contributed by atoms with Crippen LogP contribution in [-0.2, 0) is 22.3 Å². The van der Waals surface area contributed by atoms with Gasteiger partial charge < -0.3 is 9.47 Å². The number of hydrogen-bond acceptors (Lipinski definition) is 2. The molecule has 0 aromatic heterocycles. The standard InChI is InChI=1S/C49H64O2S2/c1-33-19-17-21-35(25-33)41-29-39(47(3,4)5)27-37-31-52(11)43-23-15-13-14-16-24-44(43)53(12)32-38-28-40(48(6,7)8)30-42(36-22-18-20-34(2)26-36)46(38)51-49(9,10)50-45(37)41/h17-22,25-30,43-44H,11-16,23-24,31-32H2,1-10H3. The Kier molecular flexibility index (Phi) is 11.6. The maximum atomic E-state index is 7.36. The van der Waals surface area contributed by atoms with E-state index in [9.17, 15) is 0 Å². The number of rotatable bonds is 2. The van der Waals surface area contributed by atoms with Crippen LogP contribution in [0.25, 0.3) is 22.3 Å². The summed E-state index contributed by atoms with van der Waals surface area (Å²) in [5.74, 6) is 12.8. The first-order chi connectivity index (χ1) is 24.9. The van der Waals surface area contributed by atoms with Crippen LogP contribution in [0.5, 0.6) is 11.5 Å². The smallest absolute Gasteiger partial charge is 0.245 e. The van der Waals surface area contributed by atoms with E-state index in [1.807, 2.05) is 0 Å². The van der Waals surface area contributed by atoms with E-state index in [0.29, 0.717) is 10.5 Å². The Morgan fingerprint density at radius 2 is 0.981 bits per heavy atom. The van der Waals surface area contributed by atoms with Gasteiger partial charge in [-0.15, -0.1) is 0 Å². The number of ether oxygens (including phenoxy) is 2. The van der Waals surface area contributed by atoms with Gasteiger partial charge >= 0.3 is 0 Å². The van der Waals surface area contributed by atoms with E-state index >= 15 is 0 Å². The van der Waals surface area contributed by atoms with E-state index in [0.717, 1.165) is 34.1 Å². The van der Waals surface area contributed by atoms with Crippen LogP contribution < -0.4 is 9.47 Å². The molecule has 1 fully saturated rings. The van der Waals surface area contributed by atoms with Crippen LogP contribution in [0, 0.1) is 13.8 Å². The lowest BCUT2D eigenvalue weighted by Crippen LogP contribution is -2.36. The molecule has 4 aromatic rings. The average Bonchev–Trinajstić information content (AvgIpc) is 3.04. The van der Waals surface area contributed by atoms with Gasteiger partial charge in [0, 0.05) is 58.1 Å². The highest BCUT2D eigenvalue weighted by Gasteiger charge is 2.34. The van der Waals surface area contributed by atoms with E-state index in [1.54, 1.807) is 0 Å². The van der Waals surface area contributed by atoms with Gasteiger partial charge in [0.15, 0.2) is 0 Å². The van der Waals surface area contributed by atoms with Gasteiger partial charge in [0.25, 0.3) is 0 Å². The summed E-state index contributed by atoms with van der Waals surface area (Å²) in [5.41, 5.74) is 12.2. The zero-order valence-electron chi connectivity index (χ0n) is 34.3. The topological polar surface area (TPSA) is 18.5 Å². The lowest BCUT2D eigenvalue weighted by molar-refractivity contribution is -0.0811. The second kappa shape index (κ2) is 15.6. The Labute approximate surface area is 327 Å². The van der Waals surface area contributed by atoms with Gasteiger partial charge in [-0.2, -0.15) is 21.0 Å². The number of benzene rings is 4. The summed E-state index contributed by atoms with van der Waals surface area (Å²) in [7, 11) is -0.240. The molecule has 4 aromatic carbocycles. The fourth-order valence-corrected chi connectivity index (χ4v) is 12.8. The molecule has 4 unspecified atom stereocenters. The summed E-state index contributed by atoms with van der Waals surface area (Å²) < 4.78 is 14.7. The Hall–Kier alpha value is -3.08. The molecule has 0 amide bonds. The summed E-state index contributed by atoms with van der Waals surface area (Å²) in [4.78, 5) is 0. The van der Waals surface area contributed by atoms with Crippen LogP contribution in [0.2, 0.25) is 0 Å². The van der Waals surface area contributed by atoms with Crippen LogP contribution in [0.1, 0.15) is 127 Å². The van der Waals surface area contributed by atoms with Gasteiger partial charge in [-0.1, -0.05) is 151 Å². The molecule has 4 heteroatoms. The van der Waals surface area contributed by atoms with Crippen LogP contribution in [0.15, 0.2) is 72.8 Å². The van der Waals surface area contributed by atoms with Crippen molar-refractivity contribution < 1.29 is 9.47 Å². The Morgan fingerprint density at radius 1 is 0.585 bits per heavy atom. The van der Waals surface area contributed by atoms with Crippen molar-refractivity contribution in [3.63, 3.8) is 0 Å². The van der Waals surface area contributed by atoms with Gasteiger partial charge in [0.05, 0.1) is 0 Å². The number of aryl methyl sites for hydroxylation is 2. The number of hydrogen-bond donors (Lipinski definition) is 0. The molecule has 284 valence electrons. The molecular formula is C49H64O2S2. The molecular weight excluding hydrogens is 685 g/mol. The second-order valence-electron chi connectivity index (χ2n) is 18.3. The molecule has 6 rings (SSSR count). The van der Waals surface area contributed by atoms with Gasteiger partial charge in [-0.05, 0) is 71.9 Å². The minimum Gasteiger partial charge on any atom is -0.452 e. The maximum Gasteiger partial charge on any atom is 0.245 e. The van der Waals surface area contributed by atoms with Gasteiger partial charge in [0.2, 0.25) is 5.79 Å². The molecule has 0 radical (unpaired) electrons. The molecule has 53 heavy (non-hydrogen) atoms. The van der Waals surface area contributed by atoms with Crippen LogP contribution in [0.4, 0.5) is 0 Å². The SMILES string of the molecule is C=S1Cc2cc(C(C)(C)C)cc(-c3cccc(C)c3)c2OC(C)(C)Oc2c(cc(C(C)(C)C)cc2-c2cccc(C)c2)CS(=C)C2CCCCCCC21. The molecule has 0 saturated heterocycles. The van der Waals surface area contributed by atoms with Crippen molar-refractivity contribution in [1.82, 2.24) is 0 Å². The molecule has 1 aliphatic carbocycles. The predicted octanol–water partition coefficient (Wildman–Crippen LogP) is 13.9. The molecule has 1 heterocycles. The van der Waals surface area contributed by atoms with Crippen molar-refractivity contribution in [2.45, 2.75) is 146 Å². The molecule has 2 nitrogen and oxygen atoms in total. The van der Waals surface area contributed by atoms with E-state index in [4.69, 9.17) is 21.2 Å². The highest BCUT2D eigenvalue weighted by Crippen LogP contribution is 2.50. The minimum atomic E-state index is -0.984. The third kappa shape index (κ3) is 9.25. The van der Waals surface area contributed by atoms with Crippen molar-refractivity contribution in [3.8, 4) is 33.8 Å². The van der Waals surface area contributed by atoms with E-state index in [1.165, 1.54) is 83.0 Å². The van der Waals surface area contributed by atoms with Crippen LogP contribution in [-0.4, -0.2) is 28.0 Å². The lowest BCUT2D eigenvalue weighted by atomic mass is 9.83. The summed E-state index contributed by atoms with van der Waals surface area (Å²) in [6.45, 7) is 22.5. The first-order valence-corrected chi connectivity index (χ1v) is 23.0. The van der Waals surface area contributed by atoms with Gasteiger partial charge in [0.1, 0.15) is 11.5 Å². The van der Waals surface area contributed by atoms with Crippen molar-refractivity contribution in [3.05, 3.63) is 106 Å². The van der Waals surface area contributed by atoms with E-state index in [-0.39, 0.29) is 31.8 Å². The first-order valence-electron chi connectivity index (χ1n) is 19.8. The summed E-state index contributed by atoms with van der Waals surface area (Å²) in [6, 6.07) is 27.3. The highest BCUT2D eigenvalue weighted by atomic mass is 32.2. The Balaban J connectivity index is 1.65. The fraction of sp³-hybridized carbons (Fsp3) is 0.469. The van der Waals surface area contributed by atoms with Crippen molar-refractivity contribution in [1.29, 1.82) is 0 Å². The predicted molar refractivity (Wildman–Crippen MR) is 238 cm³/mol. The zero-order chi connectivity index (χ0) is 38.3. The summed E-state index contributed by atoms with van der Waals surface area (Å²) in [5, 5.41) is 1.04. The Bertz CT molecular complexity index is 1860. The third-order valence-corrected chi connectivity index (χ3v) is 15.5. The molecule has 0 bridgehead atoms. The fourth-order valence-electron chi connectivity index (χ4n) is 8.06. The zero-order valence-corrected chi connectivity index (χ0v) is 35.9. The number of fused-ring (bicyclic) bond motifs is 3. The Morgan fingerprint density at radius 3 is 1.34 bits per heavy atom. The molecule has 0 N–H and O–H groups in total. The van der Waals surface area contributed by atoms with Crippen molar-refractivity contribution in [2.75, 3.05) is 0 Å². The summed E-state index contributed by atoms with van der Waals surface area (Å²) in [6.07, 6.45) is 7.63. The minimum absolute atomic E-state index is 0.0322. The quantitative estimate of drug-likeness (QED) is 0.190. The summed E-state index contributed by atoms with van der Waals surface area (Å²) >= 11 is 0. The molecule has 1 aliphatic heterocycles. The van der Waals surface area contributed by atoms with Crippen LogP contribution in [0.3, 0.4) is 0 Å². The monoisotopic (exact) mass is 748 g/mol. The molecule has 1 saturated carbocycles. The molecule has 4 atom stereocenters. The first kappa shape index (κ1) is 39.6. The maximum absolute atomic E-state index is 7.36. The van der Waals surface area contributed by atoms with Crippen molar-refractivity contribution in [2.24, 2.45) is 0 Å². The molecule has 0 spiro atoms. The van der Waals surface area contributed by atoms with E-state index < -0.39 is 5.79 Å². The van der Waals surface area contributed by atoms with E-state index in [2.05, 4.69) is 142 Å².